The van der Waals surface area contributed by atoms with Crippen LogP contribution in [0.15, 0.2) is 0 Å². The van der Waals surface area contributed by atoms with Crippen molar-refractivity contribution in [1.29, 1.82) is 0 Å². The number of ether oxygens (including phenoxy) is 11. The van der Waals surface area contributed by atoms with Crippen LogP contribution < -0.4 is 0 Å². The van der Waals surface area contributed by atoms with Crippen LogP contribution >= 0.6 is 0 Å². The molecule has 0 aromatic heterocycles. The maximum Gasteiger partial charge on any atom is 0.187 e. The van der Waals surface area contributed by atoms with Crippen LogP contribution in [0.1, 0.15) is 0 Å². The molecule has 31 heteroatoms. The summed E-state index contributed by atoms with van der Waals surface area (Å²) in [6.07, 6.45) is -57.8. The molecule has 6 saturated heterocycles. The summed E-state index contributed by atoms with van der Waals surface area (Å²) in [6, 6.07) is 0. The lowest BCUT2D eigenvalue weighted by Crippen LogP contribution is -2.68. The molecular weight excluding hydrogens is 928 g/mol. The molecular formula is C36H62O31. The third-order valence-electron chi connectivity index (χ3n) is 12.4. The molecule has 30 atom stereocenters. The van der Waals surface area contributed by atoms with E-state index in [0.717, 1.165) is 0 Å². The lowest BCUT2D eigenvalue weighted by Gasteiger charge is -2.49. The Bertz CT molecular complexity index is 1500. The molecule has 6 aliphatic heterocycles. The fourth-order valence-corrected chi connectivity index (χ4v) is 8.29. The summed E-state index contributed by atoms with van der Waals surface area (Å²) in [5.74, 6) is 0. The second-order valence-electron chi connectivity index (χ2n) is 16.8. The van der Waals surface area contributed by atoms with Crippen molar-refractivity contribution in [1.82, 2.24) is 0 Å². The average Bonchev–Trinajstić information content (AvgIpc) is 3.31. The van der Waals surface area contributed by atoms with E-state index in [4.69, 9.17) is 52.1 Å². The van der Waals surface area contributed by atoms with E-state index < -0.39 is 224 Å². The van der Waals surface area contributed by atoms with Crippen molar-refractivity contribution in [2.24, 2.45) is 0 Å². The summed E-state index contributed by atoms with van der Waals surface area (Å²) >= 11 is 0. The Morgan fingerprint density at radius 1 is 0.254 bits per heavy atom. The molecule has 6 fully saturated rings. The predicted octanol–water partition coefficient (Wildman–Crippen LogP) is -14.1. The second kappa shape index (κ2) is 23.5. The molecule has 0 bridgehead atoms. The number of aliphatic hydroxyl groups excluding tert-OH is 20. The van der Waals surface area contributed by atoms with Crippen LogP contribution in [-0.4, -0.2) is 326 Å². The molecule has 6 aliphatic rings. The lowest BCUT2D eigenvalue weighted by molar-refractivity contribution is -0.393. The van der Waals surface area contributed by atoms with Gasteiger partial charge >= 0.3 is 0 Å². The van der Waals surface area contributed by atoms with E-state index in [9.17, 15) is 102 Å². The predicted molar refractivity (Wildman–Crippen MR) is 199 cm³/mol. The zero-order valence-corrected chi connectivity index (χ0v) is 35.0. The number of hydrogen-bond acceptors (Lipinski definition) is 31. The first kappa shape index (κ1) is 55.1. The zero-order chi connectivity index (χ0) is 49.3. The van der Waals surface area contributed by atoms with Gasteiger partial charge in [0.1, 0.15) is 146 Å². The van der Waals surface area contributed by atoms with E-state index >= 15 is 0 Å². The number of rotatable bonds is 16. The maximum absolute atomic E-state index is 11.6. The minimum atomic E-state index is -2.27. The Morgan fingerprint density at radius 3 is 0.896 bits per heavy atom. The van der Waals surface area contributed by atoms with Gasteiger partial charge in [0.2, 0.25) is 0 Å². The van der Waals surface area contributed by atoms with Crippen molar-refractivity contribution < 1.29 is 154 Å². The van der Waals surface area contributed by atoms with Gasteiger partial charge in [0, 0.05) is 0 Å². The molecule has 2 unspecified atom stereocenters. The van der Waals surface area contributed by atoms with E-state index in [-0.39, 0.29) is 0 Å². The molecule has 0 radical (unpaired) electrons. The van der Waals surface area contributed by atoms with Crippen molar-refractivity contribution in [2.45, 2.75) is 184 Å². The highest BCUT2D eigenvalue weighted by Gasteiger charge is 2.56. The summed E-state index contributed by atoms with van der Waals surface area (Å²) < 4.78 is 60.5. The summed E-state index contributed by atoms with van der Waals surface area (Å²) in [5, 5.41) is 210. The summed E-state index contributed by atoms with van der Waals surface area (Å²) in [4.78, 5) is 0. The molecule has 0 aromatic carbocycles. The summed E-state index contributed by atoms with van der Waals surface area (Å²) in [5.41, 5.74) is 0. The van der Waals surface area contributed by atoms with E-state index in [1.54, 1.807) is 0 Å². The molecule has 0 aliphatic carbocycles. The Balaban J connectivity index is 1.20. The largest absolute Gasteiger partial charge is 0.394 e. The number of aliphatic hydroxyl groups is 20. The van der Waals surface area contributed by atoms with Gasteiger partial charge in [-0.1, -0.05) is 0 Å². The molecule has 20 N–H and O–H groups in total. The summed E-state index contributed by atoms with van der Waals surface area (Å²) in [6.45, 7) is -5.31. The van der Waals surface area contributed by atoms with Crippen LogP contribution in [0.3, 0.4) is 0 Å². The first-order valence-corrected chi connectivity index (χ1v) is 21.1. The molecule has 6 heterocycles. The fourth-order valence-electron chi connectivity index (χ4n) is 8.29. The molecule has 0 aromatic rings. The fraction of sp³-hybridized carbons (Fsp3) is 1.00. The third-order valence-corrected chi connectivity index (χ3v) is 12.4. The van der Waals surface area contributed by atoms with Gasteiger partial charge in [-0.25, -0.2) is 0 Å². The van der Waals surface area contributed by atoms with Gasteiger partial charge < -0.3 is 154 Å². The smallest absolute Gasteiger partial charge is 0.187 e. The van der Waals surface area contributed by atoms with Gasteiger partial charge in [-0.3, -0.25) is 0 Å². The SMILES string of the molecule is OC[C@H]1O[C@@H](OC[C@H]2O[C@H](O[C@@H]3[C@@H](O)[C@H](O[C@H]4[C@H](O)[C@@H](COC5O[C@H](CO)[C@@H](O)[C@H](O)[C@H]5O)OC(O)[C@@H]4O)O[C@H](CO)[C@H]3O)[C@H](O)[C@@H](O[C@@H]3O[C@H](CO)[C@@H](O)[C@H](O)[C@H]3O)[C@@H]2O)[C@H](O)[C@@H](O)[C@H]1O. The van der Waals surface area contributed by atoms with Gasteiger partial charge in [0.05, 0.1) is 39.6 Å². The highest BCUT2D eigenvalue weighted by atomic mass is 16.8. The Morgan fingerprint density at radius 2 is 0.522 bits per heavy atom. The Kier molecular flexibility index (Phi) is 19.4. The van der Waals surface area contributed by atoms with Crippen molar-refractivity contribution in [2.75, 3.05) is 39.6 Å². The van der Waals surface area contributed by atoms with E-state index in [2.05, 4.69) is 0 Å². The maximum atomic E-state index is 11.6. The molecule has 0 amide bonds. The highest BCUT2D eigenvalue weighted by Crippen LogP contribution is 2.35. The van der Waals surface area contributed by atoms with Gasteiger partial charge in [0.25, 0.3) is 0 Å². The quantitative estimate of drug-likeness (QED) is 0.0683. The third kappa shape index (κ3) is 11.5. The van der Waals surface area contributed by atoms with Crippen LogP contribution in [0.4, 0.5) is 0 Å². The van der Waals surface area contributed by atoms with Crippen LogP contribution in [-0.2, 0) is 52.1 Å². The van der Waals surface area contributed by atoms with Gasteiger partial charge in [-0.05, 0) is 0 Å². The molecule has 6 rings (SSSR count). The van der Waals surface area contributed by atoms with Gasteiger partial charge in [-0.2, -0.15) is 0 Å². The first-order valence-electron chi connectivity index (χ1n) is 21.1. The Hall–Kier alpha value is -1.24. The van der Waals surface area contributed by atoms with Crippen LogP contribution in [0, 0.1) is 0 Å². The van der Waals surface area contributed by atoms with Crippen LogP contribution in [0.25, 0.3) is 0 Å². The Labute approximate surface area is 378 Å². The number of hydrogen-bond donors (Lipinski definition) is 20. The van der Waals surface area contributed by atoms with Crippen molar-refractivity contribution in [3.8, 4) is 0 Å². The first-order chi connectivity index (χ1) is 31.7. The monoisotopic (exact) mass is 990 g/mol. The van der Waals surface area contributed by atoms with Crippen molar-refractivity contribution in [3.05, 3.63) is 0 Å². The molecule has 67 heavy (non-hydrogen) atoms. The van der Waals surface area contributed by atoms with Crippen molar-refractivity contribution >= 4 is 0 Å². The van der Waals surface area contributed by atoms with Gasteiger partial charge in [-0.15, -0.1) is 0 Å². The second-order valence-corrected chi connectivity index (χ2v) is 16.8. The molecule has 0 spiro atoms. The average molecular weight is 991 g/mol. The minimum absolute atomic E-state index is 0.790. The molecule has 31 nitrogen and oxygen atoms in total. The standard InChI is InChI=1S/C36H62O31/c37-1-7-13(41)19(47)22(50)32(60-7)57-5-11-17(45)28(25(53)31(56)59-11)65-35-26(54)29(16(44)10(4-40)63-35)67-36-27(55)30(66-34-24(52)21(49)15(43)9(3-39)62-34)18(46)12(64-36)6-58-33-23(51)20(48)14(42)8(2-38)61-33/h7-56H,1-6H2/t7-,8-,9-,10-,11-,12-,13-,14+,15-,16-,17-,18-,19+,20+,21+,22-,23-,24-,25-,26-,27-,28+,29+,30+,31?,32?,33-,34+,35+,36-/m1/s1. The van der Waals surface area contributed by atoms with Crippen molar-refractivity contribution in [3.63, 3.8) is 0 Å². The van der Waals surface area contributed by atoms with E-state index in [1.807, 2.05) is 0 Å². The minimum Gasteiger partial charge on any atom is -0.394 e. The zero-order valence-electron chi connectivity index (χ0n) is 35.0. The van der Waals surface area contributed by atoms with Crippen LogP contribution in [0.5, 0.6) is 0 Å². The van der Waals surface area contributed by atoms with Crippen LogP contribution in [0.2, 0.25) is 0 Å². The topological polar surface area (TPSA) is 506 Å². The lowest BCUT2D eigenvalue weighted by atomic mass is 9.95. The molecule has 392 valence electrons. The van der Waals surface area contributed by atoms with E-state index in [0.29, 0.717) is 0 Å². The van der Waals surface area contributed by atoms with E-state index in [1.165, 1.54) is 0 Å². The highest BCUT2D eigenvalue weighted by molar-refractivity contribution is 4.99. The normalized spacial score (nSPS) is 53.4. The summed E-state index contributed by atoms with van der Waals surface area (Å²) in [7, 11) is 0. The molecule has 0 saturated carbocycles. The van der Waals surface area contributed by atoms with Gasteiger partial charge in [0.15, 0.2) is 37.7 Å².